The highest BCUT2D eigenvalue weighted by atomic mass is 16.5. The van der Waals surface area contributed by atoms with Crippen molar-refractivity contribution in [2.75, 3.05) is 0 Å². The lowest BCUT2D eigenvalue weighted by atomic mass is 9.83. The van der Waals surface area contributed by atoms with Gasteiger partial charge < -0.3 is 4.74 Å². The Balaban J connectivity index is 2.84. The highest BCUT2D eigenvalue weighted by Gasteiger charge is 2.34. The molecule has 3 unspecified atom stereocenters. The summed E-state index contributed by atoms with van der Waals surface area (Å²) in [5, 5.41) is 0. The largest absolute Gasteiger partial charge is 0.454 e. The van der Waals surface area contributed by atoms with Crippen LogP contribution in [0.1, 0.15) is 13.8 Å². The van der Waals surface area contributed by atoms with Crippen molar-refractivity contribution in [1.29, 1.82) is 0 Å². The zero-order valence-corrected chi connectivity index (χ0v) is 7.54. The number of carbonyl (C=O) groups excluding carboxylic acids is 1. The molecule has 2 heteroatoms. The minimum absolute atomic E-state index is 0.155. The van der Waals surface area contributed by atoms with Gasteiger partial charge in [0.1, 0.15) is 6.10 Å². The van der Waals surface area contributed by atoms with Crippen molar-refractivity contribution in [3.8, 4) is 0 Å². The molecule has 0 radical (unpaired) electrons. The van der Waals surface area contributed by atoms with Crippen LogP contribution in [-0.2, 0) is 9.53 Å². The normalized spacial score (nSPS) is 36.0. The number of esters is 1. The fourth-order valence-corrected chi connectivity index (χ4v) is 1.36. The van der Waals surface area contributed by atoms with E-state index in [4.69, 9.17) is 4.74 Å². The van der Waals surface area contributed by atoms with E-state index in [9.17, 15) is 4.79 Å². The van der Waals surface area contributed by atoms with Gasteiger partial charge in [-0.2, -0.15) is 0 Å². The van der Waals surface area contributed by atoms with Gasteiger partial charge in [-0.25, -0.2) is 4.79 Å². The molecule has 1 heterocycles. The Bertz CT molecular complexity index is 228. The van der Waals surface area contributed by atoms with Crippen molar-refractivity contribution in [3.05, 3.63) is 24.8 Å². The van der Waals surface area contributed by atoms with Gasteiger partial charge in [0.2, 0.25) is 0 Å². The molecule has 0 spiro atoms. The van der Waals surface area contributed by atoms with E-state index in [1.807, 2.05) is 13.8 Å². The first-order valence-corrected chi connectivity index (χ1v) is 4.10. The highest BCUT2D eigenvalue weighted by Crippen LogP contribution is 2.30. The van der Waals surface area contributed by atoms with Crippen molar-refractivity contribution in [2.24, 2.45) is 11.8 Å². The SMILES string of the molecule is C=CC1OC(=O)C(=C)C(C)C1C. The number of cyclic esters (lactones) is 1. The van der Waals surface area contributed by atoms with Gasteiger partial charge in [0.05, 0.1) is 0 Å². The summed E-state index contributed by atoms with van der Waals surface area (Å²) >= 11 is 0. The van der Waals surface area contributed by atoms with Gasteiger partial charge in [0.25, 0.3) is 0 Å². The van der Waals surface area contributed by atoms with Crippen LogP contribution in [0, 0.1) is 11.8 Å². The average molecular weight is 166 g/mol. The summed E-state index contributed by atoms with van der Waals surface area (Å²) in [5.74, 6) is 0.187. The molecule has 0 aliphatic carbocycles. The summed E-state index contributed by atoms with van der Waals surface area (Å²) in [6, 6.07) is 0. The minimum Gasteiger partial charge on any atom is -0.454 e. The van der Waals surface area contributed by atoms with Crippen LogP contribution in [0.25, 0.3) is 0 Å². The maximum atomic E-state index is 11.1. The van der Waals surface area contributed by atoms with E-state index in [2.05, 4.69) is 13.2 Å². The van der Waals surface area contributed by atoms with Gasteiger partial charge in [-0.1, -0.05) is 33.1 Å². The molecule has 0 bridgehead atoms. The molecule has 0 aromatic heterocycles. The number of carbonyl (C=O) groups is 1. The average Bonchev–Trinajstić information content (AvgIpc) is 2.08. The first-order valence-electron chi connectivity index (χ1n) is 4.10. The number of hydrogen-bond donors (Lipinski definition) is 0. The molecular weight excluding hydrogens is 152 g/mol. The summed E-state index contributed by atoms with van der Waals surface area (Å²) in [7, 11) is 0. The molecule has 0 aromatic carbocycles. The van der Waals surface area contributed by atoms with Crippen molar-refractivity contribution in [2.45, 2.75) is 20.0 Å². The molecule has 12 heavy (non-hydrogen) atoms. The van der Waals surface area contributed by atoms with E-state index >= 15 is 0 Å². The summed E-state index contributed by atoms with van der Waals surface area (Å²) in [4.78, 5) is 11.1. The second-order valence-corrected chi connectivity index (χ2v) is 3.28. The quantitative estimate of drug-likeness (QED) is 0.338. The summed E-state index contributed by atoms with van der Waals surface area (Å²) in [6.07, 6.45) is 1.52. The topological polar surface area (TPSA) is 26.3 Å². The van der Waals surface area contributed by atoms with Crippen molar-refractivity contribution >= 4 is 5.97 Å². The second-order valence-electron chi connectivity index (χ2n) is 3.28. The third-order valence-electron chi connectivity index (χ3n) is 2.59. The Morgan fingerprint density at radius 1 is 1.50 bits per heavy atom. The van der Waals surface area contributed by atoms with Crippen LogP contribution < -0.4 is 0 Å². The Kier molecular flexibility index (Phi) is 2.36. The zero-order chi connectivity index (χ0) is 9.30. The molecular formula is C10H14O2. The molecule has 1 saturated heterocycles. The zero-order valence-electron chi connectivity index (χ0n) is 7.54. The first kappa shape index (κ1) is 9.04. The predicted octanol–water partition coefficient (Wildman–Crippen LogP) is 1.93. The van der Waals surface area contributed by atoms with E-state index in [0.717, 1.165) is 0 Å². The van der Waals surface area contributed by atoms with Crippen LogP contribution >= 0.6 is 0 Å². The smallest absolute Gasteiger partial charge is 0.334 e. The maximum Gasteiger partial charge on any atom is 0.334 e. The van der Waals surface area contributed by atoms with Crippen LogP contribution in [0.5, 0.6) is 0 Å². The number of ether oxygens (including phenoxy) is 1. The fraction of sp³-hybridized carbons (Fsp3) is 0.500. The monoisotopic (exact) mass is 166 g/mol. The van der Waals surface area contributed by atoms with Gasteiger partial charge >= 0.3 is 5.97 Å². The molecule has 1 aliphatic rings. The molecule has 3 atom stereocenters. The lowest BCUT2D eigenvalue weighted by Gasteiger charge is -2.32. The lowest BCUT2D eigenvalue weighted by molar-refractivity contribution is -0.149. The maximum absolute atomic E-state index is 11.1. The van der Waals surface area contributed by atoms with Gasteiger partial charge in [0, 0.05) is 11.5 Å². The van der Waals surface area contributed by atoms with Crippen LogP contribution in [-0.4, -0.2) is 12.1 Å². The van der Waals surface area contributed by atoms with Crippen molar-refractivity contribution in [3.63, 3.8) is 0 Å². The highest BCUT2D eigenvalue weighted by molar-refractivity contribution is 5.89. The molecule has 66 valence electrons. The summed E-state index contributed by atoms with van der Waals surface area (Å²) in [6.45, 7) is 11.3. The van der Waals surface area contributed by atoms with Crippen molar-refractivity contribution in [1.82, 2.24) is 0 Å². The molecule has 0 saturated carbocycles. The number of hydrogen-bond acceptors (Lipinski definition) is 2. The van der Waals surface area contributed by atoms with E-state index in [1.54, 1.807) is 6.08 Å². The summed E-state index contributed by atoms with van der Waals surface area (Å²) < 4.78 is 5.07. The van der Waals surface area contributed by atoms with Crippen molar-refractivity contribution < 1.29 is 9.53 Å². The first-order chi connectivity index (χ1) is 5.57. The van der Waals surface area contributed by atoms with Crippen LogP contribution in [0.15, 0.2) is 24.8 Å². The van der Waals surface area contributed by atoms with E-state index in [-0.39, 0.29) is 23.9 Å². The Labute approximate surface area is 72.9 Å². The molecule has 0 aromatic rings. The number of rotatable bonds is 1. The Morgan fingerprint density at radius 3 is 2.58 bits per heavy atom. The van der Waals surface area contributed by atoms with Gasteiger partial charge in [-0.05, 0) is 5.92 Å². The van der Waals surface area contributed by atoms with Crippen LogP contribution in [0.4, 0.5) is 0 Å². The molecule has 1 aliphatic heterocycles. The second kappa shape index (κ2) is 3.13. The van der Waals surface area contributed by atoms with E-state index in [0.29, 0.717) is 5.57 Å². The van der Waals surface area contributed by atoms with E-state index in [1.165, 1.54) is 0 Å². The summed E-state index contributed by atoms with van der Waals surface area (Å²) in [5.41, 5.74) is 0.570. The van der Waals surface area contributed by atoms with E-state index < -0.39 is 0 Å². The molecule has 0 amide bonds. The van der Waals surface area contributed by atoms with Crippen LogP contribution in [0.2, 0.25) is 0 Å². The third kappa shape index (κ3) is 1.29. The third-order valence-corrected chi connectivity index (χ3v) is 2.59. The van der Waals surface area contributed by atoms with Gasteiger partial charge in [0.15, 0.2) is 0 Å². The Morgan fingerprint density at radius 2 is 2.08 bits per heavy atom. The molecule has 2 nitrogen and oxygen atoms in total. The minimum atomic E-state index is -0.287. The molecule has 1 rings (SSSR count). The van der Waals surface area contributed by atoms with Gasteiger partial charge in [-0.3, -0.25) is 0 Å². The Hall–Kier alpha value is -1.05. The van der Waals surface area contributed by atoms with Gasteiger partial charge in [-0.15, -0.1) is 0 Å². The molecule has 1 fully saturated rings. The molecule has 0 N–H and O–H groups in total. The lowest BCUT2D eigenvalue weighted by Crippen LogP contribution is -2.36. The van der Waals surface area contributed by atoms with Crippen LogP contribution in [0.3, 0.4) is 0 Å². The predicted molar refractivity (Wildman–Crippen MR) is 47.5 cm³/mol. The standard InChI is InChI=1S/C10H14O2/c1-5-9-7(3)6(2)8(4)10(11)12-9/h5-7,9H,1,4H2,2-3H3. The fourth-order valence-electron chi connectivity index (χ4n) is 1.36.